The van der Waals surface area contributed by atoms with Gasteiger partial charge in [0.1, 0.15) is 5.60 Å². The Morgan fingerprint density at radius 3 is 2.21 bits per heavy atom. The number of hydrogen-bond acceptors (Lipinski definition) is 7. The van der Waals surface area contributed by atoms with Crippen molar-refractivity contribution in [1.29, 1.82) is 0 Å². The molecule has 1 fully saturated rings. The summed E-state index contributed by atoms with van der Waals surface area (Å²) in [7, 11) is 1.38. The van der Waals surface area contributed by atoms with Gasteiger partial charge in [-0.25, -0.2) is 9.59 Å². The molecule has 0 bridgehead atoms. The number of ether oxygens (including phenoxy) is 2. The zero-order chi connectivity index (χ0) is 35.2. The van der Waals surface area contributed by atoms with E-state index in [9.17, 15) is 14.4 Å². The first-order chi connectivity index (χ1) is 22.6. The highest BCUT2D eigenvalue weighted by molar-refractivity contribution is 6.53. The molecule has 1 unspecified atom stereocenters. The molecule has 2 heterocycles. The van der Waals surface area contributed by atoms with Crippen LogP contribution in [0.25, 0.3) is 0 Å². The van der Waals surface area contributed by atoms with Gasteiger partial charge in [0.15, 0.2) is 9.04 Å². The van der Waals surface area contributed by atoms with Gasteiger partial charge in [0.05, 0.1) is 24.8 Å². The third kappa shape index (κ3) is 9.54. The van der Waals surface area contributed by atoms with Crippen molar-refractivity contribution < 1.29 is 28.3 Å². The summed E-state index contributed by atoms with van der Waals surface area (Å²) < 4.78 is 17.7. The van der Waals surface area contributed by atoms with Crippen LogP contribution in [0.5, 0.6) is 0 Å². The summed E-state index contributed by atoms with van der Waals surface area (Å²) in [4.78, 5) is 46.7. The van der Waals surface area contributed by atoms with E-state index in [4.69, 9.17) is 13.9 Å². The van der Waals surface area contributed by atoms with Crippen LogP contribution in [-0.4, -0.2) is 73.6 Å². The number of amides is 2. The van der Waals surface area contributed by atoms with Crippen LogP contribution in [-0.2, 0) is 26.9 Å². The zero-order valence-electron chi connectivity index (χ0n) is 29.9. The molecule has 3 aromatic rings. The predicted octanol–water partition coefficient (Wildman–Crippen LogP) is 7.36. The number of methoxy groups -OCH3 is 1. The maximum Gasteiger partial charge on any atom is 0.410 e. The first kappa shape index (κ1) is 36.8. The van der Waals surface area contributed by atoms with Gasteiger partial charge in [-0.3, -0.25) is 14.7 Å². The maximum atomic E-state index is 13.9. The molecule has 0 spiro atoms. The van der Waals surface area contributed by atoms with Crippen molar-refractivity contribution >= 4 is 27.0 Å². The highest BCUT2D eigenvalue weighted by Crippen LogP contribution is 2.40. The van der Waals surface area contributed by atoms with E-state index in [0.717, 1.165) is 29.5 Å². The average Bonchev–Trinajstić information content (AvgIpc) is 3.45. The molecule has 258 valence electrons. The van der Waals surface area contributed by atoms with E-state index in [2.05, 4.69) is 44.4 Å². The molecule has 4 rings (SSSR count). The lowest BCUT2D eigenvalue weighted by molar-refractivity contribution is -0.00135. The van der Waals surface area contributed by atoms with Crippen molar-refractivity contribution in [2.75, 3.05) is 14.2 Å². The van der Waals surface area contributed by atoms with Crippen LogP contribution in [0.1, 0.15) is 97.9 Å². The van der Waals surface area contributed by atoms with E-state index in [1.54, 1.807) is 24.2 Å². The number of hydrogen-bond donors (Lipinski definition) is 0. The van der Waals surface area contributed by atoms with Gasteiger partial charge in [0.25, 0.3) is 5.91 Å². The molecule has 0 saturated carbocycles. The molecule has 1 aromatic heterocycles. The summed E-state index contributed by atoms with van der Waals surface area (Å²) in [5.41, 5.74) is 3.06. The van der Waals surface area contributed by atoms with Crippen LogP contribution >= 0.6 is 0 Å². The minimum absolute atomic E-state index is 0.0546. The molecule has 2 amide bonds. The quantitative estimate of drug-likeness (QED) is 0.164. The largest absolute Gasteiger partial charge is 0.465 e. The summed E-state index contributed by atoms with van der Waals surface area (Å²) >= 11 is 0. The van der Waals surface area contributed by atoms with E-state index >= 15 is 0 Å². The van der Waals surface area contributed by atoms with Crippen molar-refractivity contribution in [3.05, 3.63) is 101 Å². The molecule has 0 radical (unpaired) electrons. The zero-order valence-corrected chi connectivity index (χ0v) is 31.0. The average molecular weight is 674 g/mol. The monoisotopic (exact) mass is 673 g/mol. The lowest BCUT2D eigenvalue weighted by atomic mass is 10.0. The van der Waals surface area contributed by atoms with E-state index < -0.39 is 20.6 Å². The van der Waals surface area contributed by atoms with Gasteiger partial charge in [0, 0.05) is 37.6 Å². The predicted molar refractivity (Wildman–Crippen MR) is 189 cm³/mol. The Kier molecular flexibility index (Phi) is 11.9. The standard InChI is InChI=1S/C38H51N3O6Si/c1-37(2,3)46-36(44)41-31(19-20-32(41)33(28-13-11-10-12-14-28)47-48(9)38(4,5)6)22-26-15-17-29(18-16-26)34(42)40(7)25-27-21-30(24-39-23-27)35(43)45-8/h10-18,21,23-24,31-33,48H,19-20,22,25H2,1-9H3/t31-,32+,33+,48?/m0/s1. The van der Waals surface area contributed by atoms with Crippen LogP contribution in [0.2, 0.25) is 11.6 Å². The second-order valence-electron chi connectivity index (χ2n) is 14.8. The lowest BCUT2D eigenvalue weighted by Crippen LogP contribution is -2.48. The van der Waals surface area contributed by atoms with Crippen molar-refractivity contribution in [3.8, 4) is 0 Å². The van der Waals surface area contributed by atoms with E-state index in [1.165, 1.54) is 13.3 Å². The van der Waals surface area contributed by atoms with Gasteiger partial charge in [-0.15, -0.1) is 0 Å². The molecule has 0 aliphatic carbocycles. The van der Waals surface area contributed by atoms with E-state index in [-0.39, 0.29) is 41.8 Å². The Hall–Kier alpha value is -4.02. The second-order valence-corrected chi connectivity index (χ2v) is 18.1. The molecule has 1 aliphatic heterocycles. The number of esters is 1. The van der Waals surface area contributed by atoms with Gasteiger partial charge in [-0.1, -0.05) is 63.2 Å². The first-order valence-electron chi connectivity index (χ1n) is 16.7. The van der Waals surface area contributed by atoms with Crippen LogP contribution in [0.4, 0.5) is 4.79 Å². The minimum atomic E-state index is -1.66. The first-order valence-corrected chi connectivity index (χ1v) is 18.9. The van der Waals surface area contributed by atoms with Gasteiger partial charge in [-0.2, -0.15) is 0 Å². The second kappa shape index (κ2) is 15.5. The van der Waals surface area contributed by atoms with Crippen LogP contribution < -0.4 is 0 Å². The molecule has 2 aromatic carbocycles. The summed E-state index contributed by atoms with van der Waals surface area (Å²) in [6.45, 7) is 14.9. The Morgan fingerprint density at radius 2 is 1.60 bits per heavy atom. The smallest absolute Gasteiger partial charge is 0.410 e. The Bertz CT molecular complexity index is 1550. The SMILES string of the molecule is COC(=O)c1cncc(CN(C)C(=O)c2ccc(C[C@@H]3CC[C@H]([C@H](O[SiH](C)C(C)(C)C)c4ccccc4)N3C(=O)OC(C)(C)C)cc2)c1. The van der Waals surface area contributed by atoms with Crippen LogP contribution in [0.15, 0.2) is 73.1 Å². The normalized spacial score (nSPS) is 17.8. The van der Waals surface area contributed by atoms with Crippen molar-refractivity contribution in [2.24, 2.45) is 0 Å². The van der Waals surface area contributed by atoms with Gasteiger partial charge >= 0.3 is 12.1 Å². The fraction of sp³-hybridized carbons (Fsp3) is 0.474. The molecular formula is C38H51N3O6Si. The number of likely N-dealkylation sites (tertiary alicyclic amines) is 1. The molecule has 4 atom stereocenters. The molecule has 48 heavy (non-hydrogen) atoms. The summed E-state index contributed by atoms with van der Waals surface area (Å²) in [6, 6.07) is 19.2. The fourth-order valence-electron chi connectivity index (χ4n) is 5.89. The fourth-order valence-corrected chi connectivity index (χ4v) is 7.08. The topological polar surface area (TPSA) is 98.3 Å². The van der Waals surface area contributed by atoms with Crippen molar-refractivity contribution in [1.82, 2.24) is 14.8 Å². The van der Waals surface area contributed by atoms with Gasteiger partial charge < -0.3 is 18.8 Å². The third-order valence-corrected chi connectivity index (χ3v) is 12.0. The van der Waals surface area contributed by atoms with Crippen LogP contribution in [0, 0.1) is 0 Å². The Morgan fingerprint density at radius 1 is 0.938 bits per heavy atom. The molecule has 9 nitrogen and oxygen atoms in total. The highest BCUT2D eigenvalue weighted by Gasteiger charge is 2.45. The van der Waals surface area contributed by atoms with E-state index in [1.807, 2.05) is 68.1 Å². The summed E-state index contributed by atoms with van der Waals surface area (Å²) in [6.07, 6.45) is 4.71. The molecule has 1 aliphatic rings. The number of carbonyl (C=O) groups excluding carboxylic acids is 3. The highest BCUT2D eigenvalue weighted by atomic mass is 28.3. The number of carbonyl (C=O) groups is 3. The number of aromatic nitrogens is 1. The number of benzene rings is 2. The lowest BCUT2D eigenvalue weighted by Gasteiger charge is -2.39. The number of rotatable bonds is 10. The number of pyridine rings is 1. The molecule has 10 heteroatoms. The molecule has 0 N–H and O–H groups in total. The van der Waals surface area contributed by atoms with Gasteiger partial charge in [-0.05, 0) is 86.5 Å². The maximum absolute atomic E-state index is 13.9. The van der Waals surface area contributed by atoms with Crippen LogP contribution in [0.3, 0.4) is 0 Å². The van der Waals surface area contributed by atoms with Crippen molar-refractivity contribution in [3.63, 3.8) is 0 Å². The Labute approximate surface area is 287 Å². The molecular weight excluding hydrogens is 623 g/mol. The third-order valence-electron chi connectivity index (χ3n) is 8.85. The number of nitrogens with zero attached hydrogens (tertiary/aromatic N) is 3. The Balaban J connectivity index is 1.54. The summed E-state index contributed by atoms with van der Waals surface area (Å²) in [5.74, 6) is -0.626. The van der Waals surface area contributed by atoms with E-state index in [0.29, 0.717) is 17.5 Å². The minimum Gasteiger partial charge on any atom is -0.465 e. The van der Waals surface area contributed by atoms with Gasteiger partial charge in [0.2, 0.25) is 0 Å². The summed E-state index contributed by atoms with van der Waals surface area (Å²) in [5, 5.41) is 0.0546. The molecule has 1 saturated heterocycles. The van der Waals surface area contributed by atoms with Crippen molar-refractivity contribution in [2.45, 2.75) is 103 Å².